The highest BCUT2D eigenvalue weighted by atomic mass is 16.6. The van der Waals surface area contributed by atoms with Gasteiger partial charge in [-0.15, -0.1) is 0 Å². The number of amides is 1. The Morgan fingerprint density at radius 2 is 2.45 bits per heavy atom. The highest BCUT2D eigenvalue weighted by Crippen LogP contribution is 2.21. The first-order valence-electron chi connectivity index (χ1n) is 4.18. The topological polar surface area (TPSA) is 32.8 Å². The number of likely N-dealkylation sites (tertiary alicyclic amines) is 1. The predicted molar refractivity (Wildman–Crippen MR) is 40.1 cm³/mol. The smallest absolute Gasteiger partial charge is 0.222 e. The number of epoxide rings is 1. The van der Waals surface area contributed by atoms with Gasteiger partial charge in [0.1, 0.15) is 0 Å². The molecule has 0 radical (unpaired) electrons. The summed E-state index contributed by atoms with van der Waals surface area (Å²) in [6, 6.07) is 0.437. The van der Waals surface area contributed by atoms with Crippen LogP contribution in [-0.4, -0.2) is 36.1 Å². The van der Waals surface area contributed by atoms with Crippen LogP contribution in [0.5, 0.6) is 0 Å². The minimum Gasteiger partial charge on any atom is -0.371 e. The van der Waals surface area contributed by atoms with Crippen LogP contribution < -0.4 is 0 Å². The minimum atomic E-state index is 0.299. The molecule has 2 heterocycles. The fourth-order valence-electron chi connectivity index (χ4n) is 1.55. The number of hydrogen-bond acceptors (Lipinski definition) is 2. The second kappa shape index (κ2) is 2.48. The van der Waals surface area contributed by atoms with Gasteiger partial charge in [0.2, 0.25) is 5.91 Å². The summed E-state index contributed by atoms with van der Waals surface area (Å²) in [7, 11) is 0. The summed E-state index contributed by atoms with van der Waals surface area (Å²) in [5.74, 6) is 0.299. The third kappa shape index (κ3) is 1.38. The van der Waals surface area contributed by atoms with E-state index >= 15 is 0 Å². The Bertz CT molecular complexity index is 177. The van der Waals surface area contributed by atoms with E-state index in [0.29, 0.717) is 18.1 Å². The maximum atomic E-state index is 11.2. The molecule has 0 saturated carbocycles. The average molecular weight is 155 g/mol. The molecule has 11 heavy (non-hydrogen) atoms. The summed E-state index contributed by atoms with van der Waals surface area (Å²) >= 11 is 0. The van der Waals surface area contributed by atoms with E-state index in [-0.39, 0.29) is 0 Å². The Kier molecular flexibility index (Phi) is 1.60. The van der Waals surface area contributed by atoms with Crippen molar-refractivity contribution in [2.75, 3.05) is 13.2 Å². The van der Waals surface area contributed by atoms with Gasteiger partial charge in [0.05, 0.1) is 12.7 Å². The van der Waals surface area contributed by atoms with Crippen molar-refractivity contribution < 1.29 is 9.53 Å². The van der Waals surface area contributed by atoms with Crippen LogP contribution in [0.3, 0.4) is 0 Å². The van der Waals surface area contributed by atoms with E-state index in [1.165, 1.54) is 0 Å². The molecular weight excluding hydrogens is 142 g/mol. The summed E-state index contributed by atoms with van der Waals surface area (Å²) < 4.78 is 5.07. The molecule has 0 bridgehead atoms. The average Bonchev–Trinajstić information content (AvgIpc) is 2.73. The molecule has 3 heteroatoms. The molecule has 2 rings (SSSR count). The molecule has 2 unspecified atom stereocenters. The first kappa shape index (κ1) is 7.10. The lowest BCUT2D eigenvalue weighted by molar-refractivity contribution is -0.128. The van der Waals surface area contributed by atoms with Crippen LogP contribution in [0.15, 0.2) is 0 Å². The number of ether oxygens (including phenoxy) is 1. The van der Waals surface area contributed by atoms with E-state index < -0.39 is 0 Å². The molecule has 0 aromatic heterocycles. The first-order valence-corrected chi connectivity index (χ1v) is 4.18. The minimum absolute atomic E-state index is 0.299. The van der Waals surface area contributed by atoms with Gasteiger partial charge in [-0.3, -0.25) is 4.79 Å². The zero-order chi connectivity index (χ0) is 7.84. The van der Waals surface area contributed by atoms with Crippen molar-refractivity contribution >= 4 is 5.91 Å². The predicted octanol–water partition coefficient (Wildman–Crippen LogP) is 0.396. The van der Waals surface area contributed by atoms with Gasteiger partial charge in [-0.25, -0.2) is 0 Å². The molecular formula is C8H13NO2. The first-order chi connectivity index (χ1) is 5.27. The number of carbonyl (C=O) groups is 1. The maximum absolute atomic E-state index is 11.2. The zero-order valence-electron chi connectivity index (χ0n) is 6.75. The van der Waals surface area contributed by atoms with Crippen molar-refractivity contribution in [3.8, 4) is 0 Å². The Morgan fingerprint density at radius 3 is 2.91 bits per heavy atom. The van der Waals surface area contributed by atoms with Gasteiger partial charge < -0.3 is 9.64 Å². The van der Waals surface area contributed by atoms with Gasteiger partial charge >= 0.3 is 0 Å². The molecule has 0 aromatic carbocycles. The molecule has 2 saturated heterocycles. The van der Waals surface area contributed by atoms with Crippen LogP contribution in [0.1, 0.15) is 19.8 Å². The standard InChI is InChI=1S/C8H13NO2/c1-6-2-3-8(10)9(6)4-7-5-11-7/h6-7H,2-5H2,1H3. The number of nitrogens with zero attached hydrogens (tertiary/aromatic N) is 1. The fourth-order valence-corrected chi connectivity index (χ4v) is 1.55. The van der Waals surface area contributed by atoms with E-state index in [0.717, 1.165) is 26.0 Å². The third-order valence-corrected chi connectivity index (χ3v) is 2.43. The van der Waals surface area contributed by atoms with E-state index in [9.17, 15) is 4.79 Å². The van der Waals surface area contributed by atoms with Crippen molar-refractivity contribution in [1.29, 1.82) is 0 Å². The molecule has 0 N–H and O–H groups in total. The van der Waals surface area contributed by atoms with Crippen molar-refractivity contribution in [1.82, 2.24) is 4.90 Å². The molecule has 0 aliphatic carbocycles. The van der Waals surface area contributed by atoms with E-state index in [4.69, 9.17) is 4.74 Å². The molecule has 2 fully saturated rings. The third-order valence-electron chi connectivity index (χ3n) is 2.43. The second-order valence-electron chi connectivity index (χ2n) is 3.39. The number of rotatable bonds is 2. The van der Waals surface area contributed by atoms with Crippen molar-refractivity contribution in [2.24, 2.45) is 0 Å². The van der Waals surface area contributed by atoms with Crippen LogP contribution in [0.4, 0.5) is 0 Å². The molecule has 2 aliphatic rings. The van der Waals surface area contributed by atoms with Crippen LogP contribution in [0, 0.1) is 0 Å². The van der Waals surface area contributed by atoms with E-state index in [1.807, 2.05) is 4.90 Å². The van der Waals surface area contributed by atoms with E-state index in [1.54, 1.807) is 0 Å². The lowest BCUT2D eigenvalue weighted by Crippen LogP contribution is -2.34. The van der Waals surface area contributed by atoms with Crippen LogP contribution in [0.2, 0.25) is 0 Å². The molecule has 2 aliphatic heterocycles. The summed E-state index contributed by atoms with van der Waals surface area (Å²) in [6.45, 7) is 3.77. The molecule has 3 nitrogen and oxygen atoms in total. The van der Waals surface area contributed by atoms with Gasteiger partial charge in [0.25, 0.3) is 0 Å². The number of carbonyl (C=O) groups excluding carboxylic acids is 1. The van der Waals surface area contributed by atoms with Crippen LogP contribution >= 0.6 is 0 Å². The number of hydrogen-bond donors (Lipinski definition) is 0. The van der Waals surface area contributed by atoms with Gasteiger partial charge in [-0.1, -0.05) is 0 Å². The summed E-state index contributed by atoms with van der Waals surface area (Å²) in [5, 5.41) is 0. The van der Waals surface area contributed by atoms with E-state index in [2.05, 4.69) is 6.92 Å². The Hall–Kier alpha value is -0.570. The zero-order valence-corrected chi connectivity index (χ0v) is 6.75. The SMILES string of the molecule is CC1CCC(=O)N1CC1CO1. The molecule has 1 amide bonds. The summed E-state index contributed by atoms with van der Waals surface area (Å²) in [4.78, 5) is 13.2. The maximum Gasteiger partial charge on any atom is 0.222 e. The second-order valence-corrected chi connectivity index (χ2v) is 3.39. The van der Waals surface area contributed by atoms with Gasteiger partial charge in [0, 0.05) is 19.0 Å². The summed E-state index contributed by atoms with van der Waals surface area (Å²) in [6.07, 6.45) is 2.10. The lowest BCUT2D eigenvalue weighted by Gasteiger charge is -2.19. The highest BCUT2D eigenvalue weighted by Gasteiger charge is 2.33. The fraction of sp³-hybridized carbons (Fsp3) is 0.875. The Morgan fingerprint density at radius 1 is 1.73 bits per heavy atom. The van der Waals surface area contributed by atoms with Crippen molar-refractivity contribution in [3.05, 3.63) is 0 Å². The molecule has 2 atom stereocenters. The van der Waals surface area contributed by atoms with Crippen LogP contribution in [0.25, 0.3) is 0 Å². The van der Waals surface area contributed by atoms with Gasteiger partial charge in [-0.2, -0.15) is 0 Å². The van der Waals surface area contributed by atoms with Crippen molar-refractivity contribution in [2.45, 2.75) is 31.9 Å². The van der Waals surface area contributed by atoms with Crippen LogP contribution in [-0.2, 0) is 9.53 Å². The quantitative estimate of drug-likeness (QED) is 0.541. The monoisotopic (exact) mass is 155 g/mol. The summed E-state index contributed by atoms with van der Waals surface area (Å²) in [5.41, 5.74) is 0. The van der Waals surface area contributed by atoms with Gasteiger partial charge in [0.15, 0.2) is 0 Å². The highest BCUT2D eigenvalue weighted by molar-refractivity contribution is 5.78. The molecule has 62 valence electrons. The largest absolute Gasteiger partial charge is 0.371 e. The molecule has 0 spiro atoms. The molecule has 0 aromatic rings. The Balaban J connectivity index is 1.92. The normalized spacial score (nSPS) is 36.5. The van der Waals surface area contributed by atoms with Gasteiger partial charge in [-0.05, 0) is 13.3 Å². The Labute approximate surface area is 66.3 Å². The lowest BCUT2D eigenvalue weighted by atomic mass is 10.2. The van der Waals surface area contributed by atoms with Crippen molar-refractivity contribution in [3.63, 3.8) is 0 Å².